The molecule has 1 fully saturated rings. The van der Waals surface area contributed by atoms with Crippen molar-refractivity contribution in [1.29, 1.82) is 0 Å². The number of para-hydroxylation sites is 1. The van der Waals surface area contributed by atoms with Gasteiger partial charge in [-0.1, -0.05) is 25.1 Å². The molecule has 0 bridgehead atoms. The van der Waals surface area contributed by atoms with Crippen molar-refractivity contribution in [2.45, 2.75) is 50.3 Å². The number of ether oxygens (including phenoxy) is 1. The number of nitrogens with zero attached hydrogens (tertiary/aromatic N) is 2. The van der Waals surface area contributed by atoms with Crippen LogP contribution in [0.1, 0.15) is 38.2 Å². The zero-order chi connectivity index (χ0) is 18.1. The van der Waals surface area contributed by atoms with Gasteiger partial charge in [0.2, 0.25) is 5.91 Å². The van der Waals surface area contributed by atoms with Crippen molar-refractivity contribution < 1.29 is 9.53 Å². The summed E-state index contributed by atoms with van der Waals surface area (Å²) in [5, 5.41) is 11.0. The Labute approximate surface area is 153 Å². The predicted octanol–water partition coefficient (Wildman–Crippen LogP) is 2.03. The van der Waals surface area contributed by atoms with E-state index in [0.717, 1.165) is 31.7 Å². The SMILES string of the molecule is CC(NC(=O)C1(n2cccn2)CCNCC1)C1Oc2ccccc2C1C. The fourth-order valence-corrected chi connectivity index (χ4v) is 4.27. The molecule has 1 saturated heterocycles. The second kappa shape index (κ2) is 6.76. The zero-order valence-corrected chi connectivity index (χ0v) is 15.3. The van der Waals surface area contributed by atoms with Crippen LogP contribution in [0.4, 0.5) is 0 Å². The Bertz CT molecular complexity index is 768. The molecule has 2 N–H and O–H groups in total. The molecule has 0 saturated carbocycles. The van der Waals surface area contributed by atoms with Crippen LogP contribution in [0, 0.1) is 0 Å². The van der Waals surface area contributed by atoms with E-state index in [-0.39, 0.29) is 24.0 Å². The van der Waals surface area contributed by atoms with Crippen molar-refractivity contribution in [1.82, 2.24) is 20.4 Å². The fourth-order valence-electron chi connectivity index (χ4n) is 4.27. The van der Waals surface area contributed by atoms with Crippen LogP contribution in [0.25, 0.3) is 0 Å². The van der Waals surface area contributed by atoms with E-state index in [4.69, 9.17) is 4.74 Å². The van der Waals surface area contributed by atoms with Crippen molar-refractivity contribution in [3.63, 3.8) is 0 Å². The number of aromatic nitrogens is 2. The third-order valence-electron chi connectivity index (χ3n) is 5.81. The standard InChI is InChI=1S/C20H26N4O2/c1-14-16-6-3-4-7-17(16)26-18(14)15(2)23-19(25)20(8-11-21-12-9-20)24-13-5-10-22-24/h3-7,10,13-15,18,21H,8-9,11-12H2,1-2H3,(H,23,25). The minimum absolute atomic E-state index is 0.0296. The third-order valence-corrected chi connectivity index (χ3v) is 5.81. The van der Waals surface area contributed by atoms with E-state index in [1.54, 1.807) is 6.20 Å². The molecule has 3 unspecified atom stereocenters. The molecule has 3 heterocycles. The minimum Gasteiger partial charge on any atom is -0.487 e. The van der Waals surface area contributed by atoms with E-state index < -0.39 is 5.54 Å². The molecule has 4 rings (SSSR count). The second-order valence-corrected chi connectivity index (χ2v) is 7.40. The van der Waals surface area contributed by atoms with Gasteiger partial charge in [-0.05, 0) is 45.0 Å². The molecule has 2 aliphatic heterocycles. The lowest BCUT2D eigenvalue weighted by Gasteiger charge is -2.38. The van der Waals surface area contributed by atoms with Crippen LogP contribution < -0.4 is 15.4 Å². The molecule has 1 aromatic heterocycles. The third kappa shape index (κ3) is 2.78. The lowest BCUT2D eigenvalue weighted by molar-refractivity contribution is -0.133. The summed E-state index contributed by atoms with van der Waals surface area (Å²) in [5.74, 6) is 1.20. The number of carbonyl (C=O) groups excluding carboxylic acids is 1. The number of carbonyl (C=O) groups is 1. The highest BCUT2D eigenvalue weighted by molar-refractivity contribution is 5.85. The number of amides is 1. The average Bonchev–Trinajstić information content (AvgIpc) is 3.31. The second-order valence-electron chi connectivity index (χ2n) is 7.40. The number of nitrogens with one attached hydrogen (secondary N) is 2. The van der Waals surface area contributed by atoms with Gasteiger partial charge in [-0.3, -0.25) is 9.48 Å². The first-order valence-corrected chi connectivity index (χ1v) is 9.39. The van der Waals surface area contributed by atoms with Gasteiger partial charge in [0.05, 0.1) is 6.04 Å². The van der Waals surface area contributed by atoms with Gasteiger partial charge in [0, 0.05) is 23.9 Å². The topological polar surface area (TPSA) is 68.2 Å². The molecule has 2 aromatic rings. The lowest BCUT2D eigenvalue weighted by Crippen LogP contribution is -2.58. The molecule has 3 atom stereocenters. The smallest absolute Gasteiger partial charge is 0.248 e. The van der Waals surface area contributed by atoms with Gasteiger partial charge in [0.15, 0.2) is 0 Å². The molecule has 0 radical (unpaired) electrons. The fraction of sp³-hybridized carbons (Fsp3) is 0.500. The van der Waals surface area contributed by atoms with Crippen molar-refractivity contribution in [2.75, 3.05) is 13.1 Å². The quantitative estimate of drug-likeness (QED) is 0.882. The summed E-state index contributed by atoms with van der Waals surface area (Å²) in [6.45, 7) is 5.81. The van der Waals surface area contributed by atoms with E-state index in [9.17, 15) is 4.79 Å². The Kier molecular flexibility index (Phi) is 4.44. The summed E-state index contributed by atoms with van der Waals surface area (Å²) >= 11 is 0. The van der Waals surface area contributed by atoms with Crippen LogP contribution in [-0.4, -0.2) is 40.9 Å². The average molecular weight is 354 g/mol. The molecule has 1 aromatic carbocycles. The number of hydrogen-bond acceptors (Lipinski definition) is 4. The largest absolute Gasteiger partial charge is 0.487 e. The van der Waals surface area contributed by atoms with Gasteiger partial charge < -0.3 is 15.4 Å². The van der Waals surface area contributed by atoms with E-state index in [2.05, 4.69) is 28.7 Å². The monoisotopic (exact) mass is 354 g/mol. The van der Waals surface area contributed by atoms with Gasteiger partial charge in [-0.15, -0.1) is 0 Å². The summed E-state index contributed by atoms with van der Waals surface area (Å²) in [4.78, 5) is 13.3. The number of hydrogen-bond donors (Lipinski definition) is 2. The molecular formula is C20H26N4O2. The molecule has 1 amide bonds. The van der Waals surface area contributed by atoms with Crippen LogP contribution in [0.15, 0.2) is 42.7 Å². The molecule has 0 spiro atoms. The Morgan fingerprint density at radius 1 is 1.35 bits per heavy atom. The van der Waals surface area contributed by atoms with Crippen LogP contribution in [-0.2, 0) is 10.3 Å². The molecule has 138 valence electrons. The lowest BCUT2D eigenvalue weighted by atomic mass is 9.86. The predicted molar refractivity (Wildman–Crippen MR) is 99.2 cm³/mol. The summed E-state index contributed by atoms with van der Waals surface area (Å²) in [5.41, 5.74) is 0.583. The highest BCUT2D eigenvalue weighted by Crippen LogP contribution is 2.39. The first-order chi connectivity index (χ1) is 12.6. The van der Waals surface area contributed by atoms with Gasteiger partial charge in [-0.25, -0.2) is 0 Å². The number of piperidine rings is 1. The molecule has 0 aliphatic carbocycles. The highest BCUT2D eigenvalue weighted by atomic mass is 16.5. The minimum atomic E-state index is -0.627. The Morgan fingerprint density at radius 2 is 2.12 bits per heavy atom. The van der Waals surface area contributed by atoms with Gasteiger partial charge in [0.1, 0.15) is 17.4 Å². The Hall–Kier alpha value is -2.34. The van der Waals surface area contributed by atoms with Crippen LogP contribution in [0.2, 0.25) is 0 Å². The normalized spacial score (nSPS) is 25.2. The molecule has 2 aliphatic rings. The van der Waals surface area contributed by atoms with Gasteiger partial charge in [0.25, 0.3) is 0 Å². The van der Waals surface area contributed by atoms with E-state index in [1.165, 1.54) is 5.56 Å². The molecular weight excluding hydrogens is 328 g/mol. The van der Waals surface area contributed by atoms with Crippen molar-refractivity contribution in [3.05, 3.63) is 48.3 Å². The summed E-state index contributed by atoms with van der Waals surface area (Å²) in [6, 6.07) is 9.90. The highest BCUT2D eigenvalue weighted by Gasteiger charge is 2.44. The summed E-state index contributed by atoms with van der Waals surface area (Å²) in [6.07, 6.45) is 5.02. The van der Waals surface area contributed by atoms with Crippen molar-refractivity contribution in [2.24, 2.45) is 0 Å². The summed E-state index contributed by atoms with van der Waals surface area (Å²) in [7, 11) is 0. The van der Waals surface area contributed by atoms with Gasteiger partial charge in [-0.2, -0.15) is 5.10 Å². The van der Waals surface area contributed by atoms with Crippen molar-refractivity contribution in [3.8, 4) is 5.75 Å². The van der Waals surface area contributed by atoms with Gasteiger partial charge >= 0.3 is 0 Å². The Balaban J connectivity index is 1.52. The maximum atomic E-state index is 13.3. The maximum Gasteiger partial charge on any atom is 0.248 e. The number of fused-ring (bicyclic) bond motifs is 1. The molecule has 6 heteroatoms. The molecule has 26 heavy (non-hydrogen) atoms. The van der Waals surface area contributed by atoms with E-state index in [1.807, 2.05) is 42.1 Å². The van der Waals surface area contributed by atoms with Crippen LogP contribution in [0.5, 0.6) is 5.75 Å². The summed E-state index contributed by atoms with van der Waals surface area (Å²) < 4.78 is 7.97. The number of benzene rings is 1. The van der Waals surface area contributed by atoms with Crippen LogP contribution in [0.3, 0.4) is 0 Å². The first kappa shape index (κ1) is 17.1. The zero-order valence-electron chi connectivity index (χ0n) is 15.3. The van der Waals surface area contributed by atoms with E-state index >= 15 is 0 Å². The van der Waals surface area contributed by atoms with Crippen molar-refractivity contribution >= 4 is 5.91 Å². The number of rotatable bonds is 4. The molecule has 6 nitrogen and oxygen atoms in total. The van der Waals surface area contributed by atoms with Crippen LogP contribution >= 0.6 is 0 Å². The Morgan fingerprint density at radius 3 is 2.81 bits per heavy atom. The van der Waals surface area contributed by atoms with E-state index in [0.29, 0.717) is 0 Å². The first-order valence-electron chi connectivity index (χ1n) is 9.39. The maximum absolute atomic E-state index is 13.3.